The number of carbonyl (C=O) groups excluding carboxylic acids is 2. The van der Waals surface area contributed by atoms with Gasteiger partial charge in [-0.2, -0.15) is 0 Å². The Balaban J connectivity index is 3.02. The first kappa shape index (κ1) is 16.2. The van der Waals surface area contributed by atoms with Crippen LogP contribution in [0.25, 0.3) is 0 Å². The first-order valence-electron chi connectivity index (χ1n) is 5.69. The van der Waals surface area contributed by atoms with Crippen molar-refractivity contribution in [2.75, 3.05) is 13.7 Å². The molecule has 4 nitrogen and oxygen atoms in total. The van der Waals surface area contributed by atoms with Crippen LogP contribution in [0.5, 0.6) is 0 Å². The van der Waals surface area contributed by atoms with E-state index in [4.69, 9.17) is 11.6 Å². The minimum absolute atomic E-state index is 0.0638. The maximum absolute atomic E-state index is 12.4. The van der Waals surface area contributed by atoms with Crippen LogP contribution in [-0.4, -0.2) is 36.5 Å². The molecule has 1 aromatic rings. The number of benzene rings is 1. The summed E-state index contributed by atoms with van der Waals surface area (Å²) >= 11 is 7.92. The number of ether oxygens (including phenoxy) is 1. The van der Waals surface area contributed by atoms with Gasteiger partial charge in [0.15, 0.2) is 0 Å². The molecule has 0 spiro atoms. The van der Waals surface area contributed by atoms with Crippen LogP contribution < -0.4 is 0 Å². The second-order valence-corrected chi connectivity index (χ2v) is 5.83. The van der Waals surface area contributed by atoms with E-state index in [0.29, 0.717) is 10.6 Å². The van der Waals surface area contributed by atoms with Crippen LogP contribution in [-0.2, 0) is 9.53 Å². The van der Waals surface area contributed by atoms with Gasteiger partial charge in [0.25, 0.3) is 5.91 Å². The average Bonchev–Trinajstić information content (AvgIpc) is 2.34. The lowest BCUT2D eigenvalue weighted by atomic mass is 10.1. The molecule has 0 heterocycles. The van der Waals surface area contributed by atoms with Gasteiger partial charge in [-0.25, -0.2) is 0 Å². The standard InChI is InChI=1S/C13H15ClINO3/c1-8(2)16(7-12(17)19-3)13(18)10-5-4-9(14)6-11(10)15/h4-6,8H,7H2,1-3H3. The highest BCUT2D eigenvalue weighted by Gasteiger charge is 2.23. The zero-order valence-electron chi connectivity index (χ0n) is 10.9. The van der Waals surface area contributed by atoms with Crippen molar-refractivity contribution in [2.45, 2.75) is 19.9 Å². The van der Waals surface area contributed by atoms with Crippen molar-refractivity contribution in [3.8, 4) is 0 Å². The highest BCUT2D eigenvalue weighted by molar-refractivity contribution is 14.1. The summed E-state index contributed by atoms with van der Waals surface area (Å²) in [6.45, 7) is 3.64. The lowest BCUT2D eigenvalue weighted by molar-refractivity contribution is -0.141. The minimum atomic E-state index is -0.439. The molecule has 1 amide bonds. The third-order valence-electron chi connectivity index (χ3n) is 2.57. The normalized spacial score (nSPS) is 10.4. The topological polar surface area (TPSA) is 46.6 Å². The number of hydrogen-bond acceptors (Lipinski definition) is 3. The zero-order chi connectivity index (χ0) is 14.6. The summed E-state index contributed by atoms with van der Waals surface area (Å²) in [7, 11) is 1.30. The molecule has 0 bridgehead atoms. The van der Waals surface area contributed by atoms with Gasteiger partial charge >= 0.3 is 5.97 Å². The van der Waals surface area contributed by atoms with Crippen molar-refractivity contribution in [3.63, 3.8) is 0 Å². The molecule has 0 aliphatic rings. The van der Waals surface area contributed by atoms with E-state index in [2.05, 4.69) is 27.3 Å². The zero-order valence-corrected chi connectivity index (χ0v) is 13.9. The van der Waals surface area contributed by atoms with E-state index in [0.717, 1.165) is 3.57 Å². The van der Waals surface area contributed by atoms with E-state index in [1.54, 1.807) is 18.2 Å². The first-order valence-corrected chi connectivity index (χ1v) is 7.15. The van der Waals surface area contributed by atoms with Gasteiger partial charge in [-0.3, -0.25) is 9.59 Å². The molecule has 104 valence electrons. The van der Waals surface area contributed by atoms with Gasteiger partial charge in [0.1, 0.15) is 6.54 Å². The summed E-state index contributed by atoms with van der Waals surface area (Å²) in [6, 6.07) is 4.94. The third kappa shape index (κ3) is 4.35. The van der Waals surface area contributed by atoms with Crippen LogP contribution in [0, 0.1) is 3.57 Å². The fourth-order valence-electron chi connectivity index (χ4n) is 1.51. The molecule has 0 saturated heterocycles. The minimum Gasteiger partial charge on any atom is -0.468 e. The van der Waals surface area contributed by atoms with Crippen molar-refractivity contribution in [1.29, 1.82) is 0 Å². The molecular weight excluding hydrogens is 381 g/mol. The Bertz CT molecular complexity index is 491. The molecule has 19 heavy (non-hydrogen) atoms. The molecule has 0 saturated carbocycles. The van der Waals surface area contributed by atoms with Gasteiger partial charge in [-0.1, -0.05) is 11.6 Å². The summed E-state index contributed by atoms with van der Waals surface area (Å²) in [5.74, 6) is -0.646. The molecular formula is C13H15ClINO3. The number of amides is 1. The highest BCUT2D eigenvalue weighted by atomic mass is 127. The Morgan fingerprint density at radius 3 is 2.53 bits per heavy atom. The lowest BCUT2D eigenvalue weighted by Gasteiger charge is -2.26. The second-order valence-electron chi connectivity index (χ2n) is 4.23. The fraction of sp³-hybridized carbons (Fsp3) is 0.385. The lowest BCUT2D eigenvalue weighted by Crippen LogP contribution is -2.41. The Morgan fingerprint density at radius 1 is 1.42 bits per heavy atom. The summed E-state index contributed by atoms with van der Waals surface area (Å²) in [5.41, 5.74) is 0.530. The predicted octanol–water partition coefficient (Wildman–Crippen LogP) is 2.97. The molecule has 0 aliphatic heterocycles. The molecule has 1 rings (SSSR count). The maximum atomic E-state index is 12.4. The van der Waals surface area contributed by atoms with Crippen molar-refractivity contribution < 1.29 is 14.3 Å². The van der Waals surface area contributed by atoms with Crippen LogP contribution in [0.15, 0.2) is 18.2 Å². The quantitative estimate of drug-likeness (QED) is 0.582. The van der Waals surface area contributed by atoms with Crippen LogP contribution >= 0.6 is 34.2 Å². The molecule has 0 radical (unpaired) electrons. The van der Waals surface area contributed by atoms with Crippen molar-refractivity contribution in [1.82, 2.24) is 4.90 Å². The van der Waals surface area contributed by atoms with E-state index in [1.807, 2.05) is 13.8 Å². The molecule has 0 unspecified atom stereocenters. The number of methoxy groups -OCH3 is 1. The summed E-state index contributed by atoms with van der Waals surface area (Å²) < 4.78 is 5.37. The first-order chi connectivity index (χ1) is 8.86. The van der Waals surface area contributed by atoms with Crippen LogP contribution in [0.1, 0.15) is 24.2 Å². The molecule has 6 heteroatoms. The number of rotatable bonds is 4. The molecule has 0 atom stereocenters. The van der Waals surface area contributed by atoms with E-state index < -0.39 is 5.97 Å². The van der Waals surface area contributed by atoms with Gasteiger partial charge in [0, 0.05) is 14.6 Å². The van der Waals surface area contributed by atoms with Crippen LogP contribution in [0.3, 0.4) is 0 Å². The van der Waals surface area contributed by atoms with Crippen molar-refractivity contribution in [3.05, 3.63) is 32.4 Å². The van der Waals surface area contributed by atoms with Gasteiger partial charge in [0.05, 0.1) is 12.7 Å². The highest BCUT2D eigenvalue weighted by Crippen LogP contribution is 2.20. The van der Waals surface area contributed by atoms with E-state index in [-0.39, 0.29) is 18.5 Å². The van der Waals surface area contributed by atoms with Gasteiger partial charge < -0.3 is 9.64 Å². The smallest absolute Gasteiger partial charge is 0.325 e. The Hall–Kier alpha value is -0.820. The van der Waals surface area contributed by atoms with Crippen molar-refractivity contribution in [2.24, 2.45) is 0 Å². The average molecular weight is 396 g/mol. The largest absolute Gasteiger partial charge is 0.468 e. The van der Waals surface area contributed by atoms with E-state index in [1.165, 1.54) is 12.0 Å². The second kappa shape index (κ2) is 7.09. The summed E-state index contributed by atoms with van der Waals surface area (Å²) in [4.78, 5) is 25.3. The van der Waals surface area contributed by atoms with Crippen LogP contribution in [0.2, 0.25) is 5.02 Å². The SMILES string of the molecule is COC(=O)CN(C(=O)c1ccc(Cl)cc1I)C(C)C. The van der Waals surface area contributed by atoms with Crippen molar-refractivity contribution >= 4 is 46.1 Å². The number of nitrogens with zero attached hydrogens (tertiary/aromatic N) is 1. The summed E-state index contributed by atoms with van der Waals surface area (Å²) in [6.07, 6.45) is 0. The Morgan fingerprint density at radius 2 is 2.05 bits per heavy atom. The van der Waals surface area contributed by atoms with Gasteiger partial charge in [-0.05, 0) is 54.6 Å². The monoisotopic (exact) mass is 395 g/mol. The molecule has 1 aromatic carbocycles. The van der Waals surface area contributed by atoms with Crippen LogP contribution in [0.4, 0.5) is 0 Å². The number of carbonyl (C=O) groups is 2. The van der Waals surface area contributed by atoms with Gasteiger partial charge in [-0.15, -0.1) is 0 Å². The molecule has 0 fully saturated rings. The molecule has 0 aliphatic carbocycles. The van der Waals surface area contributed by atoms with E-state index >= 15 is 0 Å². The molecule has 0 N–H and O–H groups in total. The number of halogens is 2. The fourth-order valence-corrected chi connectivity index (χ4v) is 2.61. The molecule has 0 aromatic heterocycles. The summed E-state index contributed by atoms with van der Waals surface area (Å²) in [5, 5.41) is 0.574. The maximum Gasteiger partial charge on any atom is 0.325 e. The number of esters is 1. The predicted molar refractivity (Wildman–Crippen MR) is 82.4 cm³/mol. The third-order valence-corrected chi connectivity index (χ3v) is 3.70. The van der Waals surface area contributed by atoms with Gasteiger partial charge in [0.2, 0.25) is 0 Å². The Labute approximate surface area is 131 Å². The Kier molecular flexibility index (Phi) is 6.06. The van der Waals surface area contributed by atoms with E-state index in [9.17, 15) is 9.59 Å². The number of hydrogen-bond donors (Lipinski definition) is 0.